The van der Waals surface area contributed by atoms with E-state index in [4.69, 9.17) is 22.3 Å². The van der Waals surface area contributed by atoms with Crippen LogP contribution in [0.5, 0.6) is 0 Å². The Morgan fingerprint density at radius 3 is 2.86 bits per heavy atom. The van der Waals surface area contributed by atoms with Crippen molar-refractivity contribution >= 4 is 40.8 Å². The molecule has 29 heavy (non-hydrogen) atoms. The molecule has 4 rings (SSSR count). The summed E-state index contributed by atoms with van der Waals surface area (Å²) in [5.74, 6) is 1.37. The van der Waals surface area contributed by atoms with Crippen LogP contribution in [0.1, 0.15) is 18.4 Å². The maximum atomic E-state index is 11.0. The number of hydrogen-bond donors (Lipinski definition) is 5. The summed E-state index contributed by atoms with van der Waals surface area (Å²) >= 11 is 6.11. The molecular weight excluding hydrogens is 392 g/mol. The van der Waals surface area contributed by atoms with Gasteiger partial charge in [0.25, 0.3) is 0 Å². The number of rotatable bonds is 5. The predicted octanol–water partition coefficient (Wildman–Crippen LogP) is 1.39. The molecule has 10 heteroatoms. The van der Waals surface area contributed by atoms with E-state index in [0.29, 0.717) is 29.0 Å². The van der Waals surface area contributed by atoms with Gasteiger partial charge in [-0.2, -0.15) is 4.98 Å². The molecule has 6 N–H and O–H groups in total. The van der Waals surface area contributed by atoms with Crippen molar-refractivity contribution in [2.75, 3.05) is 30.3 Å². The van der Waals surface area contributed by atoms with Gasteiger partial charge in [0, 0.05) is 11.6 Å². The van der Waals surface area contributed by atoms with Crippen molar-refractivity contribution in [3.63, 3.8) is 0 Å². The Bertz CT molecular complexity index is 942. The van der Waals surface area contributed by atoms with E-state index in [-0.39, 0.29) is 12.1 Å². The van der Waals surface area contributed by atoms with Gasteiger partial charge in [0.15, 0.2) is 5.82 Å². The van der Waals surface area contributed by atoms with Crippen LogP contribution >= 0.6 is 11.6 Å². The molecule has 0 aliphatic carbocycles. The van der Waals surface area contributed by atoms with Gasteiger partial charge in [-0.15, -0.1) is 0 Å². The van der Waals surface area contributed by atoms with Crippen LogP contribution in [0.15, 0.2) is 35.5 Å². The molecule has 0 bridgehead atoms. The Morgan fingerprint density at radius 2 is 2.10 bits per heavy atom. The summed E-state index contributed by atoms with van der Waals surface area (Å²) in [4.78, 5) is 24.5. The highest BCUT2D eigenvalue weighted by molar-refractivity contribution is 6.30. The van der Waals surface area contributed by atoms with Crippen LogP contribution in [-0.2, 0) is 11.3 Å². The van der Waals surface area contributed by atoms with Gasteiger partial charge in [0.2, 0.25) is 11.9 Å². The minimum atomic E-state index is -0.473. The standard InChI is InChI=1S/C19H23ClN8O/c20-13-3-1-2-12(8-13)9-23-17-19(4-6-22-7-5-19)28-16-14(26-17)10-24-18(27-16)25-11-15(21)29/h1-3,8,10,22H,4-7,9,11H2,(H2,21,29)(H,23,26)(H2,24,25,27,28). The Kier molecular flexibility index (Phi) is 5.50. The maximum Gasteiger partial charge on any atom is 0.236 e. The summed E-state index contributed by atoms with van der Waals surface area (Å²) in [6, 6.07) is 7.76. The summed E-state index contributed by atoms with van der Waals surface area (Å²) in [6.45, 7) is 2.34. The van der Waals surface area contributed by atoms with Crippen LogP contribution in [0, 0.1) is 0 Å². The monoisotopic (exact) mass is 414 g/mol. The van der Waals surface area contributed by atoms with E-state index in [1.54, 1.807) is 6.20 Å². The topological polar surface area (TPSA) is 129 Å². The van der Waals surface area contributed by atoms with Crippen molar-refractivity contribution in [2.24, 2.45) is 10.7 Å². The lowest BCUT2D eigenvalue weighted by atomic mass is 9.85. The van der Waals surface area contributed by atoms with Gasteiger partial charge in [0.05, 0.1) is 18.3 Å². The van der Waals surface area contributed by atoms with E-state index in [2.05, 4.69) is 31.2 Å². The second-order valence-corrected chi connectivity index (χ2v) is 7.58. The number of aliphatic imine (C=N–C) groups is 1. The number of halogens is 1. The van der Waals surface area contributed by atoms with Crippen molar-refractivity contribution in [3.8, 4) is 0 Å². The van der Waals surface area contributed by atoms with E-state index in [1.165, 1.54) is 0 Å². The molecule has 1 aromatic heterocycles. The van der Waals surface area contributed by atoms with Crippen molar-refractivity contribution in [1.29, 1.82) is 0 Å². The molecular formula is C19H23ClN8O. The molecule has 2 aliphatic heterocycles. The third kappa shape index (κ3) is 4.41. The molecule has 0 saturated carbocycles. The number of anilines is 2. The Balaban J connectivity index is 1.60. The zero-order valence-electron chi connectivity index (χ0n) is 15.8. The van der Waals surface area contributed by atoms with E-state index < -0.39 is 5.91 Å². The second kappa shape index (κ2) is 8.22. The van der Waals surface area contributed by atoms with Crippen LogP contribution in [0.2, 0.25) is 5.02 Å². The Morgan fingerprint density at radius 1 is 1.28 bits per heavy atom. The molecule has 2 aromatic rings. The summed E-state index contributed by atoms with van der Waals surface area (Å²) in [6.07, 6.45) is 3.36. The first kappa shape index (κ1) is 19.4. The highest BCUT2D eigenvalue weighted by atomic mass is 35.5. The van der Waals surface area contributed by atoms with Crippen LogP contribution < -0.4 is 27.0 Å². The zero-order chi connectivity index (χ0) is 20.3. The molecule has 1 spiro atoms. The number of benzene rings is 1. The summed E-state index contributed by atoms with van der Waals surface area (Å²) in [7, 11) is 0. The number of aromatic nitrogens is 2. The van der Waals surface area contributed by atoms with Crippen LogP contribution in [0.25, 0.3) is 0 Å². The summed E-state index contributed by atoms with van der Waals surface area (Å²) in [5, 5.41) is 14.0. The van der Waals surface area contributed by atoms with Crippen molar-refractivity contribution in [3.05, 3.63) is 41.0 Å². The fourth-order valence-corrected chi connectivity index (χ4v) is 3.78. The van der Waals surface area contributed by atoms with Gasteiger partial charge in [-0.3, -0.25) is 4.79 Å². The predicted molar refractivity (Wildman–Crippen MR) is 114 cm³/mol. The third-order valence-corrected chi connectivity index (χ3v) is 5.27. The number of nitrogens with one attached hydrogen (secondary N) is 4. The minimum absolute atomic E-state index is 0.0242. The second-order valence-electron chi connectivity index (χ2n) is 7.15. The lowest BCUT2D eigenvalue weighted by Crippen LogP contribution is -2.58. The molecule has 9 nitrogen and oxygen atoms in total. The first-order valence-corrected chi connectivity index (χ1v) is 9.87. The largest absolute Gasteiger partial charge is 0.368 e. The number of nitrogens with zero attached hydrogens (tertiary/aromatic N) is 3. The van der Waals surface area contributed by atoms with Crippen LogP contribution in [0.4, 0.5) is 17.5 Å². The van der Waals surface area contributed by atoms with E-state index in [9.17, 15) is 4.79 Å². The number of amides is 1. The minimum Gasteiger partial charge on any atom is -0.368 e. The molecule has 0 radical (unpaired) electrons. The molecule has 1 aromatic carbocycles. The molecule has 0 atom stereocenters. The molecule has 3 heterocycles. The smallest absolute Gasteiger partial charge is 0.236 e. The Hall–Kier alpha value is -2.91. The Labute approximate surface area is 173 Å². The molecule has 1 saturated heterocycles. The third-order valence-electron chi connectivity index (χ3n) is 5.04. The molecule has 1 fully saturated rings. The number of carbonyl (C=O) groups excluding carboxylic acids is 1. The number of nitrogens with two attached hydrogens (primary N) is 1. The van der Waals surface area contributed by atoms with Gasteiger partial charge in [0.1, 0.15) is 11.5 Å². The van der Waals surface area contributed by atoms with Gasteiger partial charge < -0.3 is 27.0 Å². The van der Waals surface area contributed by atoms with E-state index in [0.717, 1.165) is 37.3 Å². The average molecular weight is 415 g/mol. The fraction of sp³-hybridized carbons (Fsp3) is 0.368. The maximum absolute atomic E-state index is 11.0. The SMILES string of the molecule is NC(=O)CNc1ncc2c(n1)NC1(CCNCC1)C(NCc1cccc(Cl)c1)=N2. The van der Waals surface area contributed by atoms with Crippen LogP contribution in [0.3, 0.4) is 0 Å². The lowest BCUT2D eigenvalue weighted by Gasteiger charge is -2.42. The average Bonchev–Trinajstić information content (AvgIpc) is 2.71. The van der Waals surface area contributed by atoms with Crippen LogP contribution in [-0.4, -0.2) is 46.9 Å². The number of carbonyl (C=O) groups is 1. The number of piperidine rings is 1. The summed E-state index contributed by atoms with van der Waals surface area (Å²) in [5.41, 5.74) is 6.57. The zero-order valence-corrected chi connectivity index (χ0v) is 16.6. The van der Waals surface area contributed by atoms with Gasteiger partial charge in [-0.05, 0) is 43.6 Å². The number of amidine groups is 1. The lowest BCUT2D eigenvalue weighted by molar-refractivity contribution is -0.116. The fourth-order valence-electron chi connectivity index (χ4n) is 3.57. The number of hydrogen-bond acceptors (Lipinski definition) is 8. The van der Waals surface area contributed by atoms with Crippen molar-refractivity contribution in [2.45, 2.75) is 24.9 Å². The van der Waals surface area contributed by atoms with Gasteiger partial charge in [-0.1, -0.05) is 23.7 Å². The highest BCUT2D eigenvalue weighted by Gasteiger charge is 2.41. The van der Waals surface area contributed by atoms with Gasteiger partial charge in [-0.25, -0.2) is 9.98 Å². The first-order valence-electron chi connectivity index (χ1n) is 9.50. The molecule has 2 aliphatic rings. The molecule has 0 unspecified atom stereocenters. The normalized spacial score (nSPS) is 17.1. The number of fused-ring (bicyclic) bond motifs is 1. The van der Waals surface area contributed by atoms with Crippen molar-refractivity contribution < 1.29 is 4.79 Å². The van der Waals surface area contributed by atoms with Gasteiger partial charge >= 0.3 is 0 Å². The van der Waals surface area contributed by atoms with E-state index in [1.807, 2.05) is 24.3 Å². The molecule has 1 amide bonds. The quantitative estimate of drug-likeness (QED) is 0.500. The number of primary amides is 1. The van der Waals surface area contributed by atoms with E-state index >= 15 is 0 Å². The molecule has 152 valence electrons. The first-order chi connectivity index (χ1) is 14.0. The highest BCUT2D eigenvalue weighted by Crippen LogP contribution is 2.36. The summed E-state index contributed by atoms with van der Waals surface area (Å²) < 4.78 is 0. The van der Waals surface area contributed by atoms with Crippen molar-refractivity contribution in [1.82, 2.24) is 20.6 Å².